The minimum Gasteiger partial charge on any atom is -0.352 e. The lowest BCUT2D eigenvalue weighted by Gasteiger charge is -2.08. The maximum Gasteiger partial charge on any atom is 0.220 e. The van der Waals surface area contributed by atoms with E-state index in [9.17, 15) is 9.18 Å². The van der Waals surface area contributed by atoms with Crippen molar-refractivity contribution >= 4 is 5.91 Å². The number of hydrogen-bond donors (Lipinski definition) is 1. The molecule has 0 fully saturated rings. The zero-order valence-corrected chi connectivity index (χ0v) is 17.4. The first-order chi connectivity index (χ1) is 15.1. The van der Waals surface area contributed by atoms with E-state index >= 15 is 0 Å². The molecule has 4 rings (SSSR count). The molecule has 0 saturated carbocycles. The highest BCUT2D eigenvalue weighted by atomic mass is 19.1. The van der Waals surface area contributed by atoms with Gasteiger partial charge in [-0.1, -0.05) is 60.2 Å². The van der Waals surface area contributed by atoms with Crippen LogP contribution >= 0.6 is 0 Å². The van der Waals surface area contributed by atoms with Crippen molar-refractivity contribution in [2.45, 2.75) is 26.3 Å². The number of hydrogen-bond acceptors (Lipinski definition) is 2. The standard InChI is InChI=1S/C26H24FN3O/c1-19-10-13-24(14-11-19)30-25(21-8-5-9-22(27)16-21)17-23(29-30)12-15-26(31)28-18-20-6-3-2-4-7-20/h2-11,13-14,16-17H,12,15,18H2,1H3,(H,28,31). The van der Waals surface area contributed by atoms with Gasteiger partial charge in [0, 0.05) is 24.9 Å². The molecule has 0 radical (unpaired) electrons. The van der Waals surface area contributed by atoms with Gasteiger partial charge in [-0.05, 0) is 42.8 Å². The Labute approximate surface area is 181 Å². The highest BCUT2D eigenvalue weighted by molar-refractivity contribution is 5.76. The summed E-state index contributed by atoms with van der Waals surface area (Å²) in [6.07, 6.45) is 0.835. The van der Waals surface area contributed by atoms with Crippen molar-refractivity contribution in [1.29, 1.82) is 0 Å². The maximum atomic E-state index is 13.8. The van der Waals surface area contributed by atoms with Crippen LogP contribution in [-0.4, -0.2) is 15.7 Å². The molecular weight excluding hydrogens is 389 g/mol. The molecule has 4 aromatic rings. The quantitative estimate of drug-likeness (QED) is 0.451. The molecule has 3 aromatic carbocycles. The maximum absolute atomic E-state index is 13.8. The first-order valence-electron chi connectivity index (χ1n) is 10.3. The highest BCUT2D eigenvalue weighted by Crippen LogP contribution is 2.25. The van der Waals surface area contributed by atoms with Gasteiger partial charge >= 0.3 is 0 Å². The van der Waals surface area contributed by atoms with Crippen molar-refractivity contribution in [3.05, 3.63) is 108 Å². The Balaban J connectivity index is 1.52. The lowest BCUT2D eigenvalue weighted by molar-refractivity contribution is -0.121. The van der Waals surface area contributed by atoms with Crippen LogP contribution in [-0.2, 0) is 17.8 Å². The monoisotopic (exact) mass is 413 g/mol. The number of benzene rings is 3. The molecule has 1 N–H and O–H groups in total. The number of halogens is 1. The number of carbonyl (C=O) groups is 1. The first kappa shape index (κ1) is 20.5. The fourth-order valence-corrected chi connectivity index (χ4v) is 3.42. The van der Waals surface area contributed by atoms with E-state index in [-0.39, 0.29) is 11.7 Å². The molecule has 5 heteroatoms. The minimum absolute atomic E-state index is 0.0268. The molecule has 0 unspecified atom stereocenters. The highest BCUT2D eigenvalue weighted by Gasteiger charge is 2.13. The van der Waals surface area contributed by atoms with E-state index in [4.69, 9.17) is 5.10 Å². The van der Waals surface area contributed by atoms with Crippen LogP contribution in [0.1, 0.15) is 23.2 Å². The Hall–Kier alpha value is -3.73. The largest absolute Gasteiger partial charge is 0.352 e. The molecule has 0 aliphatic rings. The van der Waals surface area contributed by atoms with Crippen LogP contribution in [0.2, 0.25) is 0 Å². The average molecular weight is 413 g/mol. The van der Waals surface area contributed by atoms with Gasteiger partial charge in [-0.2, -0.15) is 5.10 Å². The Kier molecular flexibility index (Phi) is 6.22. The summed E-state index contributed by atoms with van der Waals surface area (Å²) in [4.78, 5) is 12.3. The predicted molar refractivity (Wildman–Crippen MR) is 120 cm³/mol. The number of aromatic nitrogens is 2. The molecule has 0 aliphatic carbocycles. The van der Waals surface area contributed by atoms with Gasteiger partial charge in [0.1, 0.15) is 5.82 Å². The Morgan fingerprint density at radius 1 is 0.968 bits per heavy atom. The Morgan fingerprint density at radius 3 is 2.48 bits per heavy atom. The molecule has 0 saturated heterocycles. The SMILES string of the molecule is Cc1ccc(-n2nc(CCC(=O)NCc3ccccc3)cc2-c2cccc(F)c2)cc1. The van der Waals surface area contributed by atoms with Crippen LogP contribution in [0.5, 0.6) is 0 Å². The summed E-state index contributed by atoms with van der Waals surface area (Å²) in [6, 6.07) is 26.2. The molecule has 0 atom stereocenters. The zero-order chi connectivity index (χ0) is 21.6. The van der Waals surface area contributed by atoms with E-state index in [1.807, 2.05) is 78.3 Å². The van der Waals surface area contributed by atoms with Gasteiger partial charge in [-0.15, -0.1) is 0 Å². The van der Waals surface area contributed by atoms with E-state index < -0.39 is 0 Å². The van der Waals surface area contributed by atoms with Crippen molar-refractivity contribution < 1.29 is 9.18 Å². The molecule has 0 bridgehead atoms. The van der Waals surface area contributed by atoms with Crippen LogP contribution < -0.4 is 5.32 Å². The summed E-state index contributed by atoms with van der Waals surface area (Å²) in [5, 5.41) is 7.67. The van der Waals surface area contributed by atoms with Crippen molar-refractivity contribution in [3.8, 4) is 16.9 Å². The lowest BCUT2D eigenvalue weighted by atomic mass is 10.1. The van der Waals surface area contributed by atoms with Gasteiger partial charge < -0.3 is 5.32 Å². The van der Waals surface area contributed by atoms with Gasteiger partial charge in [0.05, 0.1) is 17.1 Å². The smallest absolute Gasteiger partial charge is 0.220 e. The summed E-state index contributed by atoms with van der Waals surface area (Å²) >= 11 is 0. The second kappa shape index (κ2) is 9.39. The van der Waals surface area contributed by atoms with E-state index in [2.05, 4.69) is 5.32 Å². The molecule has 31 heavy (non-hydrogen) atoms. The number of carbonyl (C=O) groups excluding carboxylic acids is 1. The summed E-state index contributed by atoms with van der Waals surface area (Å²) in [6.45, 7) is 2.53. The minimum atomic E-state index is -0.295. The van der Waals surface area contributed by atoms with Crippen LogP contribution in [0.15, 0.2) is 84.9 Å². The van der Waals surface area contributed by atoms with E-state index in [0.29, 0.717) is 19.4 Å². The van der Waals surface area contributed by atoms with Crippen molar-refractivity contribution in [2.75, 3.05) is 0 Å². The molecule has 0 spiro atoms. The summed E-state index contributed by atoms with van der Waals surface area (Å²) in [5.41, 5.74) is 5.43. The first-order valence-corrected chi connectivity index (χ1v) is 10.3. The van der Waals surface area contributed by atoms with Gasteiger partial charge in [0.25, 0.3) is 0 Å². The van der Waals surface area contributed by atoms with Crippen LogP contribution in [0.3, 0.4) is 0 Å². The molecule has 156 valence electrons. The second-order valence-corrected chi connectivity index (χ2v) is 7.54. The fraction of sp³-hybridized carbons (Fsp3) is 0.154. The number of amides is 1. The lowest BCUT2D eigenvalue weighted by Crippen LogP contribution is -2.23. The van der Waals surface area contributed by atoms with Crippen molar-refractivity contribution in [2.24, 2.45) is 0 Å². The van der Waals surface area contributed by atoms with Gasteiger partial charge in [0.15, 0.2) is 0 Å². The number of nitrogens with zero attached hydrogens (tertiary/aromatic N) is 2. The van der Waals surface area contributed by atoms with Crippen LogP contribution in [0.4, 0.5) is 4.39 Å². The van der Waals surface area contributed by atoms with E-state index in [1.54, 1.807) is 6.07 Å². The van der Waals surface area contributed by atoms with Crippen molar-refractivity contribution in [1.82, 2.24) is 15.1 Å². The number of nitrogens with one attached hydrogen (secondary N) is 1. The molecule has 0 aliphatic heterocycles. The molecule has 1 heterocycles. The van der Waals surface area contributed by atoms with E-state index in [0.717, 1.165) is 33.8 Å². The third-order valence-electron chi connectivity index (χ3n) is 5.10. The molecule has 1 amide bonds. The zero-order valence-electron chi connectivity index (χ0n) is 17.4. The van der Waals surface area contributed by atoms with Crippen molar-refractivity contribution in [3.63, 3.8) is 0 Å². The fourth-order valence-electron chi connectivity index (χ4n) is 3.42. The topological polar surface area (TPSA) is 46.9 Å². The van der Waals surface area contributed by atoms with Gasteiger partial charge in [-0.3, -0.25) is 4.79 Å². The predicted octanol–water partition coefficient (Wildman–Crippen LogP) is 5.24. The van der Waals surface area contributed by atoms with Gasteiger partial charge in [0.2, 0.25) is 5.91 Å². The normalized spacial score (nSPS) is 10.8. The second-order valence-electron chi connectivity index (χ2n) is 7.54. The van der Waals surface area contributed by atoms with E-state index in [1.165, 1.54) is 12.1 Å². The molecular formula is C26H24FN3O. The molecule has 4 nitrogen and oxygen atoms in total. The number of rotatable bonds is 7. The Morgan fingerprint density at radius 2 is 1.74 bits per heavy atom. The average Bonchev–Trinajstić information content (AvgIpc) is 3.22. The Bertz CT molecular complexity index is 1170. The van der Waals surface area contributed by atoms with Crippen LogP contribution in [0.25, 0.3) is 16.9 Å². The number of aryl methyl sites for hydroxylation is 2. The molecule has 1 aromatic heterocycles. The summed E-state index contributed by atoms with van der Waals surface area (Å²) in [5.74, 6) is -0.322. The van der Waals surface area contributed by atoms with Gasteiger partial charge in [-0.25, -0.2) is 9.07 Å². The third kappa shape index (κ3) is 5.25. The summed E-state index contributed by atoms with van der Waals surface area (Å²) < 4.78 is 15.7. The third-order valence-corrected chi connectivity index (χ3v) is 5.10. The van der Waals surface area contributed by atoms with Crippen LogP contribution in [0, 0.1) is 12.7 Å². The summed E-state index contributed by atoms with van der Waals surface area (Å²) in [7, 11) is 0.